The number of carbonyl (C=O) groups excluding carboxylic acids is 1. The highest BCUT2D eigenvalue weighted by Crippen LogP contribution is 2.23. The highest BCUT2D eigenvalue weighted by atomic mass is 79.9. The second kappa shape index (κ2) is 7.18. The Morgan fingerprint density at radius 1 is 1.55 bits per heavy atom. The van der Waals surface area contributed by atoms with Gasteiger partial charge in [-0.15, -0.1) is 0 Å². The first-order chi connectivity index (χ1) is 9.60. The van der Waals surface area contributed by atoms with Gasteiger partial charge in [0.25, 0.3) is 0 Å². The summed E-state index contributed by atoms with van der Waals surface area (Å²) < 4.78 is 18.9. The average Bonchev–Trinajstić information content (AvgIpc) is 2.43. The van der Waals surface area contributed by atoms with Gasteiger partial charge in [0.2, 0.25) is 0 Å². The number of esters is 1. The zero-order valence-corrected chi connectivity index (χ0v) is 13.2. The van der Waals surface area contributed by atoms with E-state index in [1.54, 1.807) is 6.07 Å². The van der Waals surface area contributed by atoms with Crippen LogP contribution in [0, 0.1) is 11.7 Å². The van der Waals surface area contributed by atoms with Gasteiger partial charge in [-0.25, -0.2) is 4.39 Å². The van der Waals surface area contributed by atoms with Crippen molar-refractivity contribution in [3.8, 4) is 0 Å². The molecule has 0 radical (unpaired) electrons. The molecule has 1 aliphatic heterocycles. The van der Waals surface area contributed by atoms with Gasteiger partial charge >= 0.3 is 5.97 Å². The molecule has 0 saturated carbocycles. The molecule has 1 fully saturated rings. The van der Waals surface area contributed by atoms with E-state index in [0.29, 0.717) is 13.2 Å². The highest BCUT2D eigenvalue weighted by Gasteiger charge is 2.26. The quantitative estimate of drug-likeness (QED) is 0.785. The van der Waals surface area contributed by atoms with E-state index in [1.165, 1.54) is 12.1 Å². The highest BCUT2D eigenvalue weighted by molar-refractivity contribution is 9.10. The van der Waals surface area contributed by atoms with E-state index in [1.807, 2.05) is 6.92 Å². The summed E-state index contributed by atoms with van der Waals surface area (Å²) in [5.74, 6) is -0.387. The summed E-state index contributed by atoms with van der Waals surface area (Å²) in [5.41, 5.74) is 1.04. The minimum atomic E-state index is -0.247. The van der Waals surface area contributed by atoms with Gasteiger partial charge in [-0.1, -0.05) is 22.0 Å². The molecule has 1 saturated heterocycles. The van der Waals surface area contributed by atoms with Gasteiger partial charge in [0, 0.05) is 17.6 Å². The Labute approximate surface area is 127 Å². The van der Waals surface area contributed by atoms with Crippen LogP contribution >= 0.6 is 15.9 Å². The first kappa shape index (κ1) is 15.4. The smallest absolute Gasteiger partial charge is 0.310 e. The van der Waals surface area contributed by atoms with E-state index in [2.05, 4.69) is 20.8 Å². The first-order valence-electron chi connectivity index (χ1n) is 6.93. The van der Waals surface area contributed by atoms with E-state index in [9.17, 15) is 9.18 Å². The Balaban J connectivity index is 1.97. The molecule has 0 aromatic heterocycles. The number of rotatable bonds is 4. The molecule has 0 aliphatic carbocycles. The maximum Gasteiger partial charge on any atom is 0.310 e. The van der Waals surface area contributed by atoms with Crippen LogP contribution in [0.1, 0.15) is 25.3 Å². The van der Waals surface area contributed by atoms with Crippen molar-refractivity contribution in [2.75, 3.05) is 19.7 Å². The summed E-state index contributed by atoms with van der Waals surface area (Å²) in [5, 5.41) is 0. The van der Waals surface area contributed by atoms with Crippen molar-refractivity contribution in [2.24, 2.45) is 5.92 Å². The number of nitrogens with zero attached hydrogens (tertiary/aromatic N) is 1. The molecule has 0 spiro atoms. The summed E-state index contributed by atoms with van der Waals surface area (Å²) in [6.45, 7) is 4.64. The van der Waals surface area contributed by atoms with Crippen LogP contribution in [0.15, 0.2) is 22.7 Å². The molecule has 110 valence electrons. The molecule has 1 atom stereocenters. The Morgan fingerprint density at radius 3 is 3.05 bits per heavy atom. The number of halogens is 2. The lowest BCUT2D eigenvalue weighted by Crippen LogP contribution is -2.39. The maximum absolute atomic E-state index is 13.1. The van der Waals surface area contributed by atoms with E-state index in [-0.39, 0.29) is 17.7 Å². The van der Waals surface area contributed by atoms with Crippen LogP contribution in [0.5, 0.6) is 0 Å². The summed E-state index contributed by atoms with van der Waals surface area (Å²) >= 11 is 3.38. The van der Waals surface area contributed by atoms with Gasteiger partial charge < -0.3 is 4.74 Å². The number of piperidine rings is 1. The normalized spacial score (nSPS) is 19.9. The minimum absolute atomic E-state index is 0.0390. The standard InChI is InChI=1S/C15H19BrFNO2/c1-2-20-15(19)12-4-3-7-18(10-12)9-11-5-6-13(17)8-14(11)16/h5-6,8,12H,2-4,7,9-10H2,1H3/t12-/m1/s1. The number of likely N-dealkylation sites (tertiary alicyclic amines) is 1. The zero-order chi connectivity index (χ0) is 14.5. The number of ether oxygens (including phenoxy) is 1. The molecule has 0 amide bonds. The Bertz CT molecular complexity index is 481. The molecule has 1 aromatic rings. The van der Waals surface area contributed by atoms with Gasteiger partial charge in [-0.3, -0.25) is 9.69 Å². The monoisotopic (exact) mass is 343 g/mol. The van der Waals surface area contributed by atoms with Crippen LogP contribution < -0.4 is 0 Å². The molecule has 1 aliphatic rings. The average molecular weight is 344 g/mol. The number of hydrogen-bond donors (Lipinski definition) is 0. The molecular formula is C15H19BrFNO2. The van der Waals surface area contributed by atoms with Crippen LogP contribution in [0.3, 0.4) is 0 Å². The third kappa shape index (κ3) is 4.03. The van der Waals surface area contributed by atoms with Gasteiger partial charge in [-0.05, 0) is 44.0 Å². The van der Waals surface area contributed by atoms with E-state index in [4.69, 9.17) is 4.74 Å². The van der Waals surface area contributed by atoms with E-state index < -0.39 is 0 Å². The number of hydrogen-bond acceptors (Lipinski definition) is 3. The fourth-order valence-corrected chi connectivity index (χ4v) is 3.02. The molecule has 3 nitrogen and oxygen atoms in total. The second-order valence-electron chi connectivity index (χ2n) is 5.06. The first-order valence-corrected chi connectivity index (χ1v) is 7.72. The van der Waals surface area contributed by atoms with E-state index in [0.717, 1.165) is 36.0 Å². The van der Waals surface area contributed by atoms with Crippen molar-refractivity contribution in [3.05, 3.63) is 34.1 Å². The molecule has 5 heteroatoms. The maximum atomic E-state index is 13.1. The molecule has 0 N–H and O–H groups in total. The van der Waals surface area contributed by atoms with Crippen LogP contribution in [0.2, 0.25) is 0 Å². The lowest BCUT2D eigenvalue weighted by atomic mass is 9.98. The molecule has 20 heavy (non-hydrogen) atoms. The predicted molar refractivity (Wildman–Crippen MR) is 78.7 cm³/mol. The summed E-state index contributed by atoms with van der Waals surface area (Å²) in [6.07, 6.45) is 1.88. The van der Waals surface area contributed by atoms with Crippen LogP contribution in [0.4, 0.5) is 4.39 Å². The molecular weight excluding hydrogens is 325 g/mol. The van der Waals surface area contributed by atoms with Gasteiger partial charge in [0.05, 0.1) is 12.5 Å². The summed E-state index contributed by atoms with van der Waals surface area (Å²) in [4.78, 5) is 14.0. The Kier molecular flexibility index (Phi) is 5.54. The third-order valence-corrected chi connectivity index (χ3v) is 4.27. The Hall–Kier alpha value is -0.940. The van der Waals surface area contributed by atoms with Crippen LogP contribution in [-0.2, 0) is 16.1 Å². The predicted octanol–water partition coefficient (Wildman–Crippen LogP) is 3.36. The van der Waals surface area contributed by atoms with E-state index >= 15 is 0 Å². The number of carbonyl (C=O) groups is 1. The fourth-order valence-electron chi connectivity index (χ4n) is 2.54. The van der Waals surface area contributed by atoms with Crippen molar-refractivity contribution in [1.29, 1.82) is 0 Å². The topological polar surface area (TPSA) is 29.5 Å². The second-order valence-corrected chi connectivity index (χ2v) is 5.92. The minimum Gasteiger partial charge on any atom is -0.466 e. The third-order valence-electron chi connectivity index (χ3n) is 3.53. The molecule has 0 bridgehead atoms. The SMILES string of the molecule is CCOC(=O)[C@@H]1CCCN(Cc2ccc(F)cc2Br)C1. The molecule has 2 rings (SSSR count). The Morgan fingerprint density at radius 2 is 2.35 bits per heavy atom. The fraction of sp³-hybridized carbons (Fsp3) is 0.533. The van der Waals surface area contributed by atoms with Crippen molar-refractivity contribution in [3.63, 3.8) is 0 Å². The van der Waals surface area contributed by atoms with Crippen molar-refractivity contribution < 1.29 is 13.9 Å². The lowest BCUT2D eigenvalue weighted by Gasteiger charge is -2.31. The summed E-state index contributed by atoms with van der Waals surface area (Å²) in [7, 11) is 0. The zero-order valence-electron chi connectivity index (χ0n) is 11.6. The molecule has 1 aromatic carbocycles. The lowest BCUT2D eigenvalue weighted by molar-refractivity contribution is -0.150. The van der Waals surface area contributed by atoms with Crippen molar-refractivity contribution >= 4 is 21.9 Å². The number of benzene rings is 1. The molecule has 1 heterocycles. The van der Waals surface area contributed by atoms with Gasteiger partial charge in [-0.2, -0.15) is 0 Å². The van der Waals surface area contributed by atoms with Crippen LogP contribution in [-0.4, -0.2) is 30.6 Å². The van der Waals surface area contributed by atoms with Gasteiger partial charge in [0.15, 0.2) is 0 Å². The van der Waals surface area contributed by atoms with Crippen molar-refractivity contribution in [2.45, 2.75) is 26.3 Å². The van der Waals surface area contributed by atoms with Crippen molar-refractivity contribution in [1.82, 2.24) is 4.90 Å². The van der Waals surface area contributed by atoms with Gasteiger partial charge in [0.1, 0.15) is 5.82 Å². The van der Waals surface area contributed by atoms with Crippen LogP contribution in [0.25, 0.3) is 0 Å². The summed E-state index contributed by atoms with van der Waals surface area (Å²) in [6, 6.07) is 4.72. The molecule has 0 unspecified atom stereocenters. The largest absolute Gasteiger partial charge is 0.466 e.